The summed E-state index contributed by atoms with van der Waals surface area (Å²) in [6, 6.07) is 6.75. The second kappa shape index (κ2) is 2.87. The minimum absolute atomic E-state index is 0.530. The number of fused-ring (bicyclic) bond motifs is 1. The van der Waals surface area contributed by atoms with E-state index in [2.05, 4.69) is 0 Å². The van der Waals surface area contributed by atoms with Crippen molar-refractivity contribution in [3.05, 3.63) is 29.8 Å². The average Bonchev–Trinajstić information content (AvgIpc) is 2.45. The Morgan fingerprint density at radius 1 is 1.46 bits per heavy atom. The number of carboxylic acid groups (broad SMARTS) is 1. The van der Waals surface area contributed by atoms with Gasteiger partial charge in [-0.2, -0.15) is 0 Å². The molecule has 1 aliphatic rings. The molecule has 2 N–H and O–H groups in total. The Hall–Kier alpha value is -1.33. The molecule has 5 heteroatoms. The number of aliphatic carboxylic acids is 1. The van der Waals surface area contributed by atoms with Gasteiger partial charge in [0.15, 0.2) is 6.10 Å². The SMILES string of the molecule is O=C(O)C1OB(O)c2ccccc21. The Morgan fingerprint density at radius 3 is 2.85 bits per heavy atom. The Bertz CT molecular complexity index is 352. The van der Waals surface area contributed by atoms with Crippen molar-refractivity contribution in [3.8, 4) is 0 Å². The molecule has 0 aromatic heterocycles. The monoisotopic (exact) mass is 178 g/mol. The smallest absolute Gasteiger partial charge is 0.479 e. The number of hydrogen-bond donors (Lipinski definition) is 2. The zero-order chi connectivity index (χ0) is 9.42. The Kier molecular flexibility index (Phi) is 1.83. The number of carboxylic acids is 1. The lowest BCUT2D eigenvalue weighted by atomic mass is 9.79. The first-order valence-electron chi connectivity index (χ1n) is 3.85. The van der Waals surface area contributed by atoms with Gasteiger partial charge in [-0.25, -0.2) is 4.79 Å². The van der Waals surface area contributed by atoms with E-state index in [0.717, 1.165) is 0 Å². The van der Waals surface area contributed by atoms with Crippen molar-refractivity contribution in [1.29, 1.82) is 0 Å². The van der Waals surface area contributed by atoms with Crippen molar-refractivity contribution in [2.45, 2.75) is 6.10 Å². The highest BCUT2D eigenvalue weighted by Crippen LogP contribution is 2.22. The van der Waals surface area contributed by atoms with Crippen LogP contribution in [0.1, 0.15) is 11.7 Å². The summed E-state index contributed by atoms with van der Waals surface area (Å²) >= 11 is 0. The molecule has 1 aromatic carbocycles. The normalized spacial score (nSPS) is 20.1. The molecule has 1 atom stereocenters. The summed E-state index contributed by atoms with van der Waals surface area (Å²) in [6.07, 6.45) is -1.04. The average molecular weight is 178 g/mol. The fraction of sp³-hybridized carbons (Fsp3) is 0.125. The van der Waals surface area contributed by atoms with Gasteiger partial charge in [0.25, 0.3) is 0 Å². The van der Waals surface area contributed by atoms with Gasteiger partial charge >= 0.3 is 13.1 Å². The van der Waals surface area contributed by atoms with Crippen LogP contribution in [0.15, 0.2) is 24.3 Å². The molecule has 0 saturated heterocycles. The minimum atomic E-state index is -1.11. The van der Waals surface area contributed by atoms with Crippen LogP contribution in [-0.2, 0) is 9.45 Å². The summed E-state index contributed by atoms with van der Waals surface area (Å²) in [5.74, 6) is -1.08. The van der Waals surface area contributed by atoms with Crippen molar-refractivity contribution in [2.75, 3.05) is 0 Å². The Morgan fingerprint density at radius 2 is 2.15 bits per heavy atom. The van der Waals surface area contributed by atoms with Crippen molar-refractivity contribution in [1.82, 2.24) is 0 Å². The van der Waals surface area contributed by atoms with Crippen LogP contribution in [0.4, 0.5) is 0 Å². The highest BCUT2D eigenvalue weighted by Gasteiger charge is 2.38. The summed E-state index contributed by atoms with van der Waals surface area (Å²) in [5, 5.41) is 18.1. The van der Waals surface area contributed by atoms with E-state index in [1.165, 1.54) is 0 Å². The third-order valence-electron chi connectivity index (χ3n) is 2.03. The topological polar surface area (TPSA) is 66.8 Å². The summed E-state index contributed by atoms with van der Waals surface area (Å²) < 4.78 is 4.85. The summed E-state index contributed by atoms with van der Waals surface area (Å²) in [4.78, 5) is 10.7. The van der Waals surface area contributed by atoms with E-state index in [1.807, 2.05) is 0 Å². The molecule has 0 saturated carbocycles. The molecule has 0 spiro atoms. The van der Waals surface area contributed by atoms with E-state index in [1.54, 1.807) is 24.3 Å². The van der Waals surface area contributed by atoms with Crippen LogP contribution in [0.3, 0.4) is 0 Å². The largest absolute Gasteiger partial charge is 0.492 e. The Labute approximate surface area is 74.9 Å². The van der Waals surface area contributed by atoms with Crippen LogP contribution in [-0.4, -0.2) is 23.2 Å². The summed E-state index contributed by atoms with van der Waals surface area (Å²) in [6.45, 7) is 0. The van der Waals surface area contributed by atoms with E-state index in [-0.39, 0.29) is 0 Å². The van der Waals surface area contributed by atoms with Gasteiger partial charge < -0.3 is 14.8 Å². The number of hydrogen-bond acceptors (Lipinski definition) is 3. The van der Waals surface area contributed by atoms with Crippen molar-refractivity contribution < 1.29 is 19.6 Å². The number of rotatable bonds is 1. The van der Waals surface area contributed by atoms with Crippen LogP contribution < -0.4 is 5.46 Å². The van der Waals surface area contributed by atoms with Gasteiger partial charge in [-0.1, -0.05) is 24.3 Å². The van der Waals surface area contributed by atoms with Crippen LogP contribution >= 0.6 is 0 Å². The van der Waals surface area contributed by atoms with Gasteiger partial charge in [0.05, 0.1) is 0 Å². The zero-order valence-corrected chi connectivity index (χ0v) is 6.68. The summed E-state index contributed by atoms with van der Waals surface area (Å²) in [7, 11) is -1.11. The second-order valence-corrected chi connectivity index (χ2v) is 2.84. The zero-order valence-electron chi connectivity index (χ0n) is 6.68. The standard InChI is InChI=1S/C8H7BO4/c10-8(11)7-5-3-1-2-4-6(5)9(12)13-7/h1-4,7,12H,(H,10,11). The fourth-order valence-corrected chi connectivity index (χ4v) is 1.44. The molecule has 1 unspecified atom stereocenters. The molecule has 1 aliphatic heterocycles. The van der Waals surface area contributed by atoms with Gasteiger partial charge in [0.2, 0.25) is 0 Å². The lowest BCUT2D eigenvalue weighted by molar-refractivity contribution is -0.145. The molecule has 4 nitrogen and oxygen atoms in total. The molecule has 0 radical (unpaired) electrons. The lowest BCUT2D eigenvalue weighted by Gasteiger charge is -2.04. The quantitative estimate of drug-likeness (QED) is 0.570. The highest BCUT2D eigenvalue weighted by atomic mass is 16.5. The van der Waals surface area contributed by atoms with E-state index in [0.29, 0.717) is 11.0 Å². The maximum Gasteiger partial charge on any atom is 0.492 e. The van der Waals surface area contributed by atoms with Crippen molar-refractivity contribution >= 4 is 18.6 Å². The predicted octanol–water partition coefficient (Wildman–Crippen LogP) is -0.470. The molecule has 66 valence electrons. The van der Waals surface area contributed by atoms with E-state index in [9.17, 15) is 9.82 Å². The van der Waals surface area contributed by atoms with Crippen molar-refractivity contribution in [2.24, 2.45) is 0 Å². The van der Waals surface area contributed by atoms with E-state index >= 15 is 0 Å². The Balaban J connectivity index is 2.47. The van der Waals surface area contributed by atoms with Gasteiger partial charge in [0.1, 0.15) is 0 Å². The fourth-order valence-electron chi connectivity index (χ4n) is 1.44. The van der Waals surface area contributed by atoms with Gasteiger partial charge in [-0.05, 0) is 11.0 Å². The third-order valence-corrected chi connectivity index (χ3v) is 2.03. The van der Waals surface area contributed by atoms with Crippen LogP contribution in [0.25, 0.3) is 0 Å². The number of carbonyl (C=O) groups is 1. The van der Waals surface area contributed by atoms with Gasteiger partial charge in [0, 0.05) is 0 Å². The molecule has 0 fully saturated rings. The number of benzene rings is 1. The molecule has 1 aromatic rings. The molecular formula is C8H7BO4. The minimum Gasteiger partial charge on any atom is -0.479 e. The molecular weight excluding hydrogens is 171 g/mol. The molecule has 0 aliphatic carbocycles. The van der Waals surface area contributed by atoms with Crippen LogP contribution in [0.2, 0.25) is 0 Å². The first-order valence-corrected chi connectivity index (χ1v) is 3.85. The molecule has 1 heterocycles. The summed E-state index contributed by atoms with van der Waals surface area (Å²) in [5.41, 5.74) is 1.07. The van der Waals surface area contributed by atoms with E-state index < -0.39 is 19.2 Å². The second-order valence-electron chi connectivity index (χ2n) is 2.84. The molecule has 0 amide bonds. The molecule has 0 bridgehead atoms. The highest BCUT2D eigenvalue weighted by molar-refractivity contribution is 6.62. The van der Waals surface area contributed by atoms with E-state index in [4.69, 9.17) is 9.76 Å². The molecule has 2 rings (SSSR count). The van der Waals surface area contributed by atoms with Gasteiger partial charge in [-0.15, -0.1) is 0 Å². The maximum atomic E-state index is 10.7. The predicted molar refractivity (Wildman–Crippen MR) is 45.5 cm³/mol. The van der Waals surface area contributed by atoms with Crippen LogP contribution in [0, 0.1) is 0 Å². The molecule has 13 heavy (non-hydrogen) atoms. The van der Waals surface area contributed by atoms with Crippen LogP contribution in [0.5, 0.6) is 0 Å². The van der Waals surface area contributed by atoms with Crippen molar-refractivity contribution in [3.63, 3.8) is 0 Å². The first kappa shape index (κ1) is 8.28. The lowest BCUT2D eigenvalue weighted by Crippen LogP contribution is -2.27. The third kappa shape index (κ3) is 1.22. The maximum absolute atomic E-state index is 10.7. The first-order chi connectivity index (χ1) is 6.20. The van der Waals surface area contributed by atoms with Gasteiger partial charge in [-0.3, -0.25) is 0 Å².